The number of thioether (sulfide) groups is 1. The normalized spacial score (nSPS) is 11.2. The molecule has 0 spiro atoms. The first-order valence-corrected chi connectivity index (χ1v) is 5.47. The van der Waals surface area contributed by atoms with Gasteiger partial charge in [-0.1, -0.05) is 0 Å². The molecule has 1 aromatic carbocycles. The van der Waals surface area contributed by atoms with E-state index in [4.69, 9.17) is 10.4 Å². The van der Waals surface area contributed by atoms with Crippen molar-refractivity contribution in [2.24, 2.45) is 0 Å². The van der Waals surface area contributed by atoms with E-state index in [9.17, 15) is 26.7 Å². The maximum atomic E-state index is 12.2. The van der Waals surface area contributed by atoms with E-state index in [1.807, 2.05) is 0 Å². The lowest BCUT2D eigenvalue weighted by Gasteiger charge is -2.12. The predicted octanol–water partition coefficient (Wildman–Crippen LogP) is 3.47. The maximum Gasteiger partial charge on any atom is 0.446 e. The third kappa shape index (κ3) is 4.27. The second-order valence-electron chi connectivity index (χ2n) is 3.19. The van der Waals surface area contributed by atoms with Gasteiger partial charge in [-0.05, 0) is 23.9 Å². The number of halogens is 5. The van der Waals surface area contributed by atoms with Crippen molar-refractivity contribution in [1.29, 1.82) is 5.26 Å². The van der Waals surface area contributed by atoms with Crippen molar-refractivity contribution in [3.8, 4) is 11.8 Å². The van der Waals surface area contributed by atoms with Crippen molar-refractivity contribution >= 4 is 17.7 Å². The lowest BCUT2D eigenvalue weighted by atomic mass is 10.1. The SMILES string of the molecule is N#Cc1cc(SC(F)(F)F)cc(OC(F)F)c1C(=O)O. The van der Waals surface area contributed by atoms with E-state index < -0.39 is 51.6 Å². The summed E-state index contributed by atoms with van der Waals surface area (Å²) >= 11 is -0.677. The molecular formula is C10H4F5NO3S. The first-order chi connectivity index (χ1) is 9.14. The third-order valence-electron chi connectivity index (χ3n) is 1.86. The number of hydrogen-bond donors (Lipinski definition) is 1. The number of carboxylic acid groups (broad SMARTS) is 1. The van der Waals surface area contributed by atoms with Crippen molar-refractivity contribution in [2.75, 3.05) is 0 Å². The fraction of sp³-hybridized carbons (Fsp3) is 0.200. The van der Waals surface area contributed by atoms with Gasteiger partial charge in [-0.2, -0.15) is 27.2 Å². The fourth-order valence-corrected chi connectivity index (χ4v) is 1.89. The number of carboxylic acids is 1. The standard InChI is InChI=1S/C10H4F5NO3S/c11-9(12)19-6-2-5(20-10(13,14)15)1-4(3-16)7(6)8(17)18/h1-2,9H,(H,17,18). The number of aromatic carboxylic acids is 1. The maximum absolute atomic E-state index is 12.2. The van der Waals surface area contributed by atoms with E-state index in [1.54, 1.807) is 0 Å². The summed E-state index contributed by atoms with van der Waals surface area (Å²) < 4.78 is 64.8. The lowest BCUT2D eigenvalue weighted by molar-refractivity contribution is -0.0504. The zero-order valence-corrected chi connectivity index (χ0v) is 10.1. The van der Waals surface area contributed by atoms with Crippen LogP contribution in [0.4, 0.5) is 22.0 Å². The van der Waals surface area contributed by atoms with Crippen LogP contribution in [0.1, 0.15) is 15.9 Å². The zero-order chi connectivity index (χ0) is 15.5. The largest absolute Gasteiger partial charge is 0.478 e. The van der Waals surface area contributed by atoms with Gasteiger partial charge in [0.05, 0.1) is 5.56 Å². The van der Waals surface area contributed by atoms with Crippen LogP contribution >= 0.6 is 11.8 Å². The highest BCUT2D eigenvalue weighted by atomic mass is 32.2. The van der Waals surface area contributed by atoms with Crippen LogP contribution in [0.25, 0.3) is 0 Å². The molecule has 108 valence electrons. The lowest BCUT2D eigenvalue weighted by Crippen LogP contribution is -2.10. The molecule has 0 aliphatic rings. The van der Waals surface area contributed by atoms with E-state index in [1.165, 1.54) is 6.07 Å². The van der Waals surface area contributed by atoms with Gasteiger partial charge in [0.25, 0.3) is 0 Å². The van der Waals surface area contributed by atoms with Crippen LogP contribution < -0.4 is 4.74 Å². The molecule has 20 heavy (non-hydrogen) atoms. The Morgan fingerprint density at radius 2 is 2.00 bits per heavy atom. The molecular weight excluding hydrogens is 309 g/mol. The van der Waals surface area contributed by atoms with Crippen LogP contribution in [0.2, 0.25) is 0 Å². The summed E-state index contributed by atoms with van der Waals surface area (Å²) in [5, 5.41) is 17.5. The van der Waals surface area contributed by atoms with Crippen molar-refractivity contribution in [3.63, 3.8) is 0 Å². The minimum Gasteiger partial charge on any atom is -0.478 e. The average molecular weight is 313 g/mol. The van der Waals surface area contributed by atoms with Gasteiger partial charge in [0.15, 0.2) is 0 Å². The molecule has 0 aliphatic carbocycles. The average Bonchev–Trinajstić information content (AvgIpc) is 2.24. The Labute approximate surface area is 112 Å². The van der Waals surface area contributed by atoms with E-state index in [-0.39, 0.29) is 0 Å². The van der Waals surface area contributed by atoms with Crippen LogP contribution in [0.15, 0.2) is 17.0 Å². The molecule has 0 aliphatic heterocycles. The summed E-state index contributed by atoms with van der Waals surface area (Å²) in [6.07, 6.45) is 0. The molecule has 10 heteroatoms. The molecule has 0 aromatic heterocycles. The van der Waals surface area contributed by atoms with Gasteiger partial charge in [-0.15, -0.1) is 0 Å². The molecule has 0 unspecified atom stereocenters. The van der Waals surface area contributed by atoms with Gasteiger partial charge in [-0.25, -0.2) is 4.79 Å². The minimum atomic E-state index is -4.72. The Hall–Kier alpha value is -2.02. The summed E-state index contributed by atoms with van der Waals surface area (Å²) in [6.45, 7) is -3.44. The van der Waals surface area contributed by atoms with Gasteiger partial charge in [0.2, 0.25) is 0 Å². The fourth-order valence-electron chi connectivity index (χ4n) is 1.28. The first-order valence-electron chi connectivity index (χ1n) is 4.66. The smallest absolute Gasteiger partial charge is 0.446 e. The molecule has 1 rings (SSSR count). The highest BCUT2D eigenvalue weighted by molar-refractivity contribution is 8.00. The third-order valence-corrected chi connectivity index (χ3v) is 2.56. The number of carbonyl (C=O) groups is 1. The van der Waals surface area contributed by atoms with Gasteiger partial charge >= 0.3 is 18.1 Å². The number of benzene rings is 1. The molecule has 1 aromatic rings. The molecule has 0 atom stereocenters. The molecule has 0 fully saturated rings. The Kier molecular flexibility index (Phi) is 4.78. The first kappa shape index (κ1) is 16.0. The van der Waals surface area contributed by atoms with Crippen molar-refractivity contribution in [1.82, 2.24) is 0 Å². The van der Waals surface area contributed by atoms with Crippen LogP contribution in [0, 0.1) is 11.3 Å². The predicted molar refractivity (Wildman–Crippen MR) is 56.7 cm³/mol. The molecule has 0 amide bonds. The van der Waals surface area contributed by atoms with Gasteiger partial charge < -0.3 is 9.84 Å². The monoisotopic (exact) mass is 313 g/mol. The van der Waals surface area contributed by atoms with Gasteiger partial charge in [0, 0.05) is 4.90 Å². The van der Waals surface area contributed by atoms with Crippen molar-refractivity contribution in [2.45, 2.75) is 17.0 Å². The number of hydrogen-bond acceptors (Lipinski definition) is 4. The Morgan fingerprint density at radius 1 is 1.40 bits per heavy atom. The Balaban J connectivity index is 3.40. The van der Waals surface area contributed by atoms with E-state index in [0.29, 0.717) is 12.1 Å². The molecule has 1 N–H and O–H groups in total. The number of ether oxygens (including phenoxy) is 1. The van der Waals surface area contributed by atoms with Crippen molar-refractivity contribution < 1.29 is 36.6 Å². The van der Waals surface area contributed by atoms with Crippen molar-refractivity contribution in [3.05, 3.63) is 23.3 Å². The topological polar surface area (TPSA) is 70.3 Å². The van der Waals surface area contributed by atoms with E-state index in [0.717, 1.165) is 0 Å². The summed E-state index contributed by atoms with van der Waals surface area (Å²) in [5.41, 5.74) is -6.35. The molecule has 0 bridgehead atoms. The highest BCUT2D eigenvalue weighted by Gasteiger charge is 2.31. The van der Waals surface area contributed by atoms with Gasteiger partial charge in [-0.3, -0.25) is 0 Å². The molecule has 0 heterocycles. The summed E-state index contributed by atoms with van der Waals surface area (Å²) in [4.78, 5) is 10.2. The number of alkyl halides is 5. The highest BCUT2D eigenvalue weighted by Crippen LogP contribution is 2.40. The summed E-state index contributed by atoms with van der Waals surface area (Å²) in [6, 6.07) is 2.46. The second-order valence-corrected chi connectivity index (χ2v) is 4.33. The zero-order valence-electron chi connectivity index (χ0n) is 9.24. The van der Waals surface area contributed by atoms with Gasteiger partial charge in [0.1, 0.15) is 17.4 Å². The Bertz CT molecular complexity index is 567. The molecule has 0 radical (unpaired) electrons. The van der Waals surface area contributed by atoms with E-state index >= 15 is 0 Å². The molecule has 0 saturated carbocycles. The van der Waals surface area contributed by atoms with E-state index in [2.05, 4.69) is 4.74 Å². The molecule has 0 saturated heterocycles. The number of rotatable bonds is 4. The Morgan fingerprint density at radius 3 is 2.40 bits per heavy atom. The van der Waals surface area contributed by atoms with Crippen LogP contribution in [-0.2, 0) is 0 Å². The van der Waals surface area contributed by atoms with Crippen LogP contribution in [0.5, 0.6) is 5.75 Å². The minimum absolute atomic E-state index is 0.495. The van der Waals surface area contributed by atoms with Crippen LogP contribution in [-0.4, -0.2) is 23.2 Å². The van der Waals surface area contributed by atoms with Crippen LogP contribution in [0.3, 0.4) is 0 Å². The number of nitriles is 1. The quantitative estimate of drug-likeness (QED) is 0.681. The number of nitrogens with zero attached hydrogens (tertiary/aromatic N) is 1. The molecule has 4 nitrogen and oxygen atoms in total. The summed E-state index contributed by atoms with van der Waals surface area (Å²) in [7, 11) is 0. The second kappa shape index (κ2) is 5.96. The summed E-state index contributed by atoms with van der Waals surface area (Å²) in [5.74, 6) is -2.76.